The number of fused-ring (bicyclic) bond motifs is 1. The van der Waals surface area contributed by atoms with Crippen molar-refractivity contribution in [2.24, 2.45) is 4.99 Å². The maximum atomic E-state index is 13.6. The van der Waals surface area contributed by atoms with Crippen LogP contribution in [-0.4, -0.2) is 35.8 Å². The average molecular weight is 387 g/mol. The van der Waals surface area contributed by atoms with Crippen LogP contribution in [0.5, 0.6) is 0 Å². The Kier molecular flexibility index (Phi) is 5.59. The minimum atomic E-state index is -4.70. The van der Waals surface area contributed by atoms with Gasteiger partial charge in [0.1, 0.15) is 11.6 Å². The van der Waals surface area contributed by atoms with Gasteiger partial charge in [-0.15, -0.1) is 0 Å². The predicted molar refractivity (Wildman–Crippen MR) is 89.3 cm³/mol. The molecule has 0 bridgehead atoms. The van der Waals surface area contributed by atoms with Crippen molar-refractivity contribution in [1.82, 2.24) is 9.78 Å². The lowest BCUT2D eigenvalue weighted by atomic mass is 9.93. The highest BCUT2D eigenvalue weighted by atomic mass is 19.4. The van der Waals surface area contributed by atoms with Crippen LogP contribution < -0.4 is 0 Å². The number of hydrogen-bond acceptors (Lipinski definition) is 3. The summed E-state index contributed by atoms with van der Waals surface area (Å²) in [7, 11) is 1.54. The molecule has 0 radical (unpaired) electrons. The number of aliphatic imine (C=N–C) groups is 1. The van der Waals surface area contributed by atoms with Gasteiger partial charge >= 0.3 is 6.18 Å². The van der Waals surface area contributed by atoms with Gasteiger partial charge in [0, 0.05) is 37.6 Å². The molecule has 0 atom stereocenters. The summed E-state index contributed by atoms with van der Waals surface area (Å²) < 4.78 is 73.8. The topological polar surface area (TPSA) is 39.4 Å². The van der Waals surface area contributed by atoms with Gasteiger partial charge in [-0.05, 0) is 37.8 Å². The molecule has 1 aliphatic carbocycles. The third kappa shape index (κ3) is 4.18. The smallest absolute Gasteiger partial charge is 0.385 e. The molecule has 4 nitrogen and oxygen atoms in total. The molecule has 9 heteroatoms. The van der Waals surface area contributed by atoms with E-state index >= 15 is 0 Å². The van der Waals surface area contributed by atoms with Crippen molar-refractivity contribution in [1.29, 1.82) is 0 Å². The fraction of sp³-hybridized carbons (Fsp3) is 0.444. The predicted octanol–water partition coefficient (Wildman–Crippen LogP) is 4.33. The van der Waals surface area contributed by atoms with Gasteiger partial charge in [-0.3, -0.25) is 4.99 Å². The normalized spacial score (nSPS) is 16.0. The second-order valence-electron chi connectivity index (χ2n) is 6.24. The van der Waals surface area contributed by atoms with Crippen LogP contribution in [0.4, 0.5) is 22.0 Å². The zero-order chi connectivity index (χ0) is 19.6. The molecule has 27 heavy (non-hydrogen) atoms. The van der Waals surface area contributed by atoms with Gasteiger partial charge in [0.05, 0.1) is 11.4 Å². The van der Waals surface area contributed by atoms with Gasteiger partial charge < -0.3 is 4.74 Å². The molecule has 0 N–H and O–H groups in total. The Balaban J connectivity index is 2.12. The number of alkyl halides is 3. The van der Waals surface area contributed by atoms with E-state index in [1.165, 1.54) is 7.11 Å². The minimum Gasteiger partial charge on any atom is -0.385 e. The second-order valence-corrected chi connectivity index (χ2v) is 6.24. The maximum Gasteiger partial charge on any atom is 0.435 e. The van der Waals surface area contributed by atoms with Crippen LogP contribution in [0, 0.1) is 11.6 Å². The van der Waals surface area contributed by atoms with Crippen molar-refractivity contribution >= 4 is 5.71 Å². The SMILES string of the molecule is COCCC/N=C1\CCCc2c1c(C(F)(F)F)nn2-c1cc(F)cc(F)c1. The van der Waals surface area contributed by atoms with Crippen molar-refractivity contribution in [3.05, 3.63) is 46.8 Å². The Morgan fingerprint density at radius 2 is 1.85 bits per heavy atom. The van der Waals surface area contributed by atoms with E-state index in [1.54, 1.807) is 0 Å². The Labute approximate surface area is 152 Å². The standard InChI is InChI=1S/C18H18F5N3O/c1-27-7-3-6-24-14-4-2-5-15-16(14)17(18(21,22)23)25-26(15)13-9-11(19)8-12(20)10-13/h8-10H,2-7H2,1H3/b24-14+. The number of ether oxygens (including phenoxy) is 1. The lowest BCUT2D eigenvalue weighted by molar-refractivity contribution is -0.141. The zero-order valence-corrected chi connectivity index (χ0v) is 14.6. The van der Waals surface area contributed by atoms with Crippen LogP contribution >= 0.6 is 0 Å². The molecule has 2 aromatic rings. The molecule has 0 spiro atoms. The highest BCUT2D eigenvalue weighted by Gasteiger charge is 2.41. The number of rotatable bonds is 5. The summed E-state index contributed by atoms with van der Waals surface area (Å²) in [5, 5.41) is 3.66. The number of benzene rings is 1. The molecule has 3 rings (SSSR count). The number of halogens is 5. The lowest BCUT2D eigenvalue weighted by Gasteiger charge is -2.17. The Hall–Kier alpha value is -2.29. The Morgan fingerprint density at radius 3 is 2.48 bits per heavy atom. The molecule has 0 saturated carbocycles. The van der Waals surface area contributed by atoms with E-state index in [-0.39, 0.29) is 16.9 Å². The van der Waals surface area contributed by atoms with E-state index in [4.69, 9.17) is 4.74 Å². The van der Waals surface area contributed by atoms with Crippen LogP contribution in [0.2, 0.25) is 0 Å². The van der Waals surface area contributed by atoms with E-state index in [0.29, 0.717) is 50.6 Å². The molecule has 1 aromatic heterocycles. The van der Waals surface area contributed by atoms with Crippen LogP contribution in [-0.2, 0) is 17.3 Å². The third-order valence-corrected chi connectivity index (χ3v) is 4.27. The largest absolute Gasteiger partial charge is 0.435 e. The van der Waals surface area contributed by atoms with Crippen LogP contribution in [0.15, 0.2) is 23.2 Å². The summed E-state index contributed by atoms with van der Waals surface area (Å²) in [6.45, 7) is 0.789. The fourth-order valence-corrected chi connectivity index (χ4v) is 3.19. The molecule has 0 aliphatic heterocycles. The third-order valence-electron chi connectivity index (χ3n) is 4.27. The average Bonchev–Trinajstić information content (AvgIpc) is 2.98. The summed E-state index contributed by atoms with van der Waals surface area (Å²) in [6, 6.07) is 2.58. The number of aromatic nitrogens is 2. The van der Waals surface area contributed by atoms with Gasteiger partial charge in [-0.1, -0.05) is 0 Å². The van der Waals surface area contributed by atoms with Crippen molar-refractivity contribution < 1.29 is 26.7 Å². The van der Waals surface area contributed by atoms with Crippen molar-refractivity contribution in [3.8, 4) is 5.69 Å². The summed E-state index contributed by atoms with van der Waals surface area (Å²) in [5.41, 5.74) is -0.644. The monoisotopic (exact) mass is 387 g/mol. The first kappa shape index (κ1) is 19.5. The van der Waals surface area contributed by atoms with E-state index in [9.17, 15) is 22.0 Å². The molecule has 146 valence electrons. The molecule has 0 amide bonds. The minimum absolute atomic E-state index is 0.0733. The Morgan fingerprint density at radius 1 is 1.15 bits per heavy atom. The summed E-state index contributed by atoms with van der Waals surface area (Å²) in [6.07, 6.45) is -2.83. The number of hydrogen-bond donors (Lipinski definition) is 0. The van der Waals surface area contributed by atoms with Crippen LogP contribution in [0.1, 0.15) is 36.2 Å². The van der Waals surface area contributed by atoms with Gasteiger partial charge in [-0.25, -0.2) is 13.5 Å². The molecule has 1 aromatic carbocycles. The van der Waals surface area contributed by atoms with Crippen molar-refractivity contribution in [2.75, 3.05) is 20.3 Å². The highest BCUT2D eigenvalue weighted by molar-refractivity contribution is 6.03. The van der Waals surface area contributed by atoms with Gasteiger partial charge in [0.2, 0.25) is 0 Å². The highest BCUT2D eigenvalue weighted by Crippen LogP contribution is 2.37. The molecule has 0 saturated heterocycles. The zero-order valence-electron chi connectivity index (χ0n) is 14.6. The van der Waals surface area contributed by atoms with Crippen molar-refractivity contribution in [3.63, 3.8) is 0 Å². The molecule has 0 fully saturated rings. The first-order valence-corrected chi connectivity index (χ1v) is 8.49. The van der Waals surface area contributed by atoms with E-state index < -0.39 is 23.5 Å². The molecule has 0 unspecified atom stereocenters. The first-order valence-electron chi connectivity index (χ1n) is 8.49. The lowest BCUT2D eigenvalue weighted by Crippen LogP contribution is -2.18. The van der Waals surface area contributed by atoms with Gasteiger partial charge in [0.25, 0.3) is 0 Å². The Bertz CT molecular complexity index is 837. The maximum absolute atomic E-state index is 13.6. The second kappa shape index (κ2) is 7.75. The van der Waals surface area contributed by atoms with Crippen LogP contribution in [0.25, 0.3) is 5.69 Å². The van der Waals surface area contributed by atoms with E-state index in [2.05, 4.69) is 10.1 Å². The quantitative estimate of drug-likeness (QED) is 0.566. The first-order chi connectivity index (χ1) is 12.8. The van der Waals surface area contributed by atoms with Gasteiger partial charge in [-0.2, -0.15) is 18.3 Å². The number of nitrogens with zero attached hydrogens (tertiary/aromatic N) is 3. The van der Waals surface area contributed by atoms with E-state index in [1.807, 2.05) is 0 Å². The summed E-state index contributed by atoms with van der Waals surface area (Å²) in [5.74, 6) is -1.76. The molecule has 1 heterocycles. The van der Waals surface area contributed by atoms with E-state index in [0.717, 1.165) is 16.8 Å². The molecule has 1 aliphatic rings. The molecular weight excluding hydrogens is 369 g/mol. The molecular formula is C18H18F5N3O. The fourth-order valence-electron chi connectivity index (χ4n) is 3.19. The number of methoxy groups -OCH3 is 1. The summed E-state index contributed by atoms with van der Waals surface area (Å²) >= 11 is 0. The van der Waals surface area contributed by atoms with Crippen LogP contribution in [0.3, 0.4) is 0 Å². The summed E-state index contributed by atoms with van der Waals surface area (Å²) in [4.78, 5) is 4.31. The van der Waals surface area contributed by atoms with Crippen molar-refractivity contribution in [2.45, 2.75) is 31.9 Å². The van der Waals surface area contributed by atoms with Gasteiger partial charge in [0.15, 0.2) is 5.69 Å².